The summed E-state index contributed by atoms with van der Waals surface area (Å²) in [5.74, 6) is -1.21. The fraction of sp³-hybridized carbons (Fsp3) is 0.160. The lowest BCUT2D eigenvalue weighted by Crippen LogP contribution is -2.30. The van der Waals surface area contributed by atoms with Gasteiger partial charge in [-0.3, -0.25) is 14.4 Å². The molecule has 3 aromatic rings. The monoisotopic (exact) mass is 431 g/mol. The first kappa shape index (κ1) is 22.6. The van der Waals surface area contributed by atoms with E-state index in [1.807, 2.05) is 44.2 Å². The molecule has 0 bridgehead atoms. The van der Waals surface area contributed by atoms with Crippen LogP contribution in [0.1, 0.15) is 31.8 Å². The molecular formula is C25H25N3O4. The topological polar surface area (TPSA) is 96.5 Å². The van der Waals surface area contributed by atoms with Crippen LogP contribution in [0.2, 0.25) is 0 Å². The Balaban J connectivity index is 1.70. The number of anilines is 3. The van der Waals surface area contributed by atoms with Crippen LogP contribution in [0.3, 0.4) is 0 Å². The summed E-state index contributed by atoms with van der Waals surface area (Å²) in [6.07, 6.45) is 0. The van der Waals surface area contributed by atoms with Crippen LogP contribution in [0.5, 0.6) is 0 Å². The normalized spacial score (nSPS) is 10.2. The summed E-state index contributed by atoms with van der Waals surface area (Å²) in [6, 6.07) is 19.7. The number of carbonyl (C=O) groups excluding carboxylic acids is 3. The third kappa shape index (κ3) is 5.51. The molecule has 0 spiro atoms. The molecule has 2 amide bonds. The van der Waals surface area contributed by atoms with Gasteiger partial charge in [0.2, 0.25) is 0 Å². The Morgan fingerprint density at radius 3 is 2.22 bits per heavy atom. The Morgan fingerprint density at radius 1 is 0.812 bits per heavy atom. The van der Waals surface area contributed by atoms with Gasteiger partial charge in [-0.25, -0.2) is 0 Å². The number of aryl methyl sites for hydroxylation is 1. The van der Waals surface area contributed by atoms with Gasteiger partial charge in [-0.1, -0.05) is 24.3 Å². The fourth-order valence-electron chi connectivity index (χ4n) is 3.05. The number of methoxy groups -OCH3 is 1. The van der Waals surface area contributed by atoms with Crippen molar-refractivity contribution in [1.29, 1.82) is 0 Å². The molecule has 3 N–H and O–H groups in total. The molecule has 0 fully saturated rings. The SMILES string of the molecule is COC(=O)CNC(=O)c1ccc(NC(=O)c2ccccc2Nc2cccc(C)c2C)cc1. The third-order valence-corrected chi connectivity index (χ3v) is 5.07. The van der Waals surface area contributed by atoms with E-state index in [2.05, 4.69) is 20.7 Å². The summed E-state index contributed by atoms with van der Waals surface area (Å²) in [5.41, 5.74) is 5.31. The van der Waals surface area contributed by atoms with Gasteiger partial charge in [0, 0.05) is 16.9 Å². The van der Waals surface area contributed by atoms with Gasteiger partial charge in [0.15, 0.2) is 0 Å². The number of rotatable bonds is 7. The number of hydrogen-bond donors (Lipinski definition) is 3. The van der Waals surface area contributed by atoms with E-state index in [9.17, 15) is 14.4 Å². The van der Waals surface area contributed by atoms with Gasteiger partial charge in [0.05, 0.1) is 18.4 Å². The molecule has 0 aliphatic carbocycles. The third-order valence-electron chi connectivity index (χ3n) is 5.07. The predicted octanol–water partition coefficient (Wildman–Crippen LogP) is 4.20. The molecule has 7 heteroatoms. The summed E-state index contributed by atoms with van der Waals surface area (Å²) < 4.78 is 4.49. The first-order valence-corrected chi connectivity index (χ1v) is 10.1. The minimum atomic E-state index is -0.532. The van der Waals surface area contributed by atoms with Crippen LogP contribution in [-0.2, 0) is 9.53 Å². The minimum Gasteiger partial charge on any atom is -0.468 e. The Bertz CT molecular complexity index is 1140. The lowest BCUT2D eigenvalue weighted by atomic mass is 10.1. The van der Waals surface area contributed by atoms with Crippen molar-refractivity contribution in [1.82, 2.24) is 5.32 Å². The van der Waals surface area contributed by atoms with Crippen molar-refractivity contribution in [2.45, 2.75) is 13.8 Å². The molecule has 0 unspecified atom stereocenters. The molecule has 164 valence electrons. The van der Waals surface area contributed by atoms with E-state index < -0.39 is 11.9 Å². The molecule has 3 aromatic carbocycles. The number of amides is 2. The molecule has 32 heavy (non-hydrogen) atoms. The molecule has 0 heterocycles. The van der Waals surface area contributed by atoms with Crippen LogP contribution < -0.4 is 16.0 Å². The summed E-state index contributed by atoms with van der Waals surface area (Å²) >= 11 is 0. The van der Waals surface area contributed by atoms with Crippen LogP contribution in [0.25, 0.3) is 0 Å². The van der Waals surface area contributed by atoms with Gasteiger partial charge in [-0.05, 0) is 67.4 Å². The molecule has 0 saturated carbocycles. The molecule has 0 aromatic heterocycles. The zero-order valence-electron chi connectivity index (χ0n) is 18.2. The lowest BCUT2D eigenvalue weighted by molar-refractivity contribution is -0.139. The Morgan fingerprint density at radius 2 is 1.50 bits per heavy atom. The van der Waals surface area contributed by atoms with Crippen LogP contribution >= 0.6 is 0 Å². The van der Waals surface area contributed by atoms with Crippen molar-refractivity contribution in [3.8, 4) is 0 Å². The highest BCUT2D eigenvalue weighted by Crippen LogP contribution is 2.26. The predicted molar refractivity (Wildman–Crippen MR) is 124 cm³/mol. The van der Waals surface area contributed by atoms with E-state index in [-0.39, 0.29) is 12.5 Å². The summed E-state index contributed by atoms with van der Waals surface area (Å²) in [6.45, 7) is 3.86. The molecule has 0 saturated heterocycles. The second-order valence-electron chi connectivity index (χ2n) is 7.21. The number of benzene rings is 3. The average Bonchev–Trinajstić information content (AvgIpc) is 2.81. The Labute approximate surface area is 186 Å². The van der Waals surface area contributed by atoms with E-state index in [4.69, 9.17) is 0 Å². The smallest absolute Gasteiger partial charge is 0.325 e. The maximum atomic E-state index is 12.9. The van der Waals surface area contributed by atoms with E-state index in [1.165, 1.54) is 7.11 Å². The number of carbonyl (C=O) groups is 3. The van der Waals surface area contributed by atoms with E-state index in [1.54, 1.807) is 36.4 Å². The molecule has 0 aliphatic rings. The van der Waals surface area contributed by atoms with E-state index in [0.717, 1.165) is 16.8 Å². The average molecular weight is 431 g/mol. The van der Waals surface area contributed by atoms with Crippen LogP contribution in [0.4, 0.5) is 17.1 Å². The fourth-order valence-corrected chi connectivity index (χ4v) is 3.05. The molecule has 0 aliphatic heterocycles. The Hall–Kier alpha value is -4.13. The van der Waals surface area contributed by atoms with E-state index >= 15 is 0 Å². The van der Waals surface area contributed by atoms with Crippen molar-refractivity contribution >= 4 is 34.8 Å². The van der Waals surface area contributed by atoms with Gasteiger partial charge < -0.3 is 20.7 Å². The quantitative estimate of drug-likeness (QED) is 0.487. The van der Waals surface area contributed by atoms with Crippen molar-refractivity contribution in [3.05, 3.63) is 89.0 Å². The molecule has 7 nitrogen and oxygen atoms in total. The van der Waals surface area contributed by atoms with Crippen molar-refractivity contribution in [2.24, 2.45) is 0 Å². The van der Waals surface area contributed by atoms with E-state index in [0.29, 0.717) is 22.5 Å². The van der Waals surface area contributed by atoms with Crippen LogP contribution in [0, 0.1) is 13.8 Å². The van der Waals surface area contributed by atoms with Crippen molar-refractivity contribution in [2.75, 3.05) is 24.3 Å². The maximum Gasteiger partial charge on any atom is 0.325 e. The summed E-state index contributed by atoms with van der Waals surface area (Å²) in [7, 11) is 1.25. The van der Waals surface area contributed by atoms with Gasteiger partial charge >= 0.3 is 5.97 Å². The van der Waals surface area contributed by atoms with Gasteiger partial charge in [-0.2, -0.15) is 0 Å². The molecule has 0 radical (unpaired) electrons. The molecule has 0 atom stereocenters. The standard InChI is InChI=1S/C25H25N3O4/c1-16-7-6-10-21(17(16)2)28-22-9-5-4-8-20(22)25(31)27-19-13-11-18(12-14-19)24(30)26-15-23(29)32-3/h4-14,28H,15H2,1-3H3,(H,26,30)(H,27,31). The highest BCUT2D eigenvalue weighted by molar-refractivity contribution is 6.08. The van der Waals surface area contributed by atoms with Crippen LogP contribution in [0.15, 0.2) is 66.7 Å². The second kappa shape index (κ2) is 10.3. The first-order valence-electron chi connectivity index (χ1n) is 10.1. The van der Waals surface area contributed by atoms with Crippen molar-refractivity contribution in [3.63, 3.8) is 0 Å². The molecular weight excluding hydrogens is 406 g/mol. The highest BCUT2D eigenvalue weighted by atomic mass is 16.5. The largest absolute Gasteiger partial charge is 0.468 e. The summed E-state index contributed by atoms with van der Waals surface area (Å²) in [4.78, 5) is 36.1. The number of nitrogens with one attached hydrogen (secondary N) is 3. The first-order chi connectivity index (χ1) is 15.4. The highest BCUT2D eigenvalue weighted by Gasteiger charge is 2.13. The molecule has 3 rings (SSSR count). The number of esters is 1. The maximum absolute atomic E-state index is 12.9. The minimum absolute atomic E-state index is 0.210. The lowest BCUT2D eigenvalue weighted by Gasteiger charge is -2.15. The zero-order valence-corrected chi connectivity index (χ0v) is 18.2. The van der Waals surface area contributed by atoms with Gasteiger partial charge in [-0.15, -0.1) is 0 Å². The Kier molecular flexibility index (Phi) is 7.23. The number of ether oxygens (including phenoxy) is 1. The number of para-hydroxylation sites is 1. The van der Waals surface area contributed by atoms with Crippen molar-refractivity contribution < 1.29 is 19.1 Å². The van der Waals surface area contributed by atoms with Crippen LogP contribution in [-0.4, -0.2) is 31.4 Å². The number of hydrogen-bond acceptors (Lipinski definition) is 5. The second-order valence-corrected chi connectivity index (χ2v) is 7.21. The van der Waals surface area contributed by atoms with Gasteiger partial charge in [0.25, 0.3) is 11.8 Å². The zero-order chi connectivity index (χ0) is 23.1. The van der Waals surface area contributed by atoms with Gasteiger partial charge in [0.1, 0.15) is 6.54 Å². The summed E-state index contributed by atoms with van der Waals surface area (Å²) in [5, 5.41) is 8.67.